The number of hydrogen-bond acceptors (Lipinski definition) is 7. The number of halogens is 2. The second-order valence-corrected chi connectivity index (χ2v) is 7.09. The standard InChI is InChI=1S/C21H18ClFN4O4/c1-3-17(28)27-9-8-12(10-27)30-16-7-4-13-20(26-16)21(25-11-24-13)31-15-6-5-14(29-2)18(22)19(15)23/h3-7,11-12H,1,8-10H2,2H3. The maximum Gasteiger partial charge on any atom is 0.249 e. The number of amides is 1. The molecule has 0 N–H and O–H groups in total. The van der Waals surface area contributed by atoms with Crippen molar-refractivity contribution in [2.75, 3.05) is 20.2 Å². The van der Waals surface area contributed by atoms with Gasteiger partial charge in [0.2, 0.25) is 17.7 Å². The van der Waals surface area contributed by atoms with E-state index in [1.54, 1.807) is 17.0 Å². The Morgan fingerprint density at radius 2 is 2.10 bits per heavy atom. The highest BCUT2D eigenvalue weighted by atomic mass is 35.5. The zero-order valence-corrected chi connectivity index (χ0v) is 17.3. The van der Waals surface area contributed by atoms with Crippen LogP contribution in [0.3, 0.4) is 0 Å². The van der Waals surface area contributed by atoms with Gasteiger partial charge in [-0.15, -0.1) is 0 Å². The van der Waals surface area contributed by atoms with E-state index < -0.39 is 5.82 Å². The largest absolute Gasteiger partial charge is 0.495 e. The van der Waals surface area contributed by atoms with Crippen LogP contribution in [-0.4, -0.2) is 52.1 Å². The van der Waals surface area contributed by atoms with Gasteiger partial charge in [-0.2, -0.15) is 4.98 Å². The summed E-state index contributed by atoms with van der Waals surface area (Å²) < 4.78 is 31.1. The Labute approximate surface area is 182 Å². The predicted octanol–water partition coefficient (Wildman–Crippen LogP) is 3.78. The topological polar surface area (TPSA) is 86.7 Å². The van der Waals surface area contributed by atoms with Gasteiger partial charge in [-0.3, -0.25) is 4.79 Å². The Hall–Kier alpha value is -3.46. The van der Waals surface area contributed by atoms with Gasteiger partial charge in [0.1, 0.15) is 23.2 Å². The summed E-state index contributed by atoms with van der Waals surface area (Å²) in [6, 6.07) is 6.24. The number of hydrogen-bond donors (Lipinski definition) is 0. The number of benzene rings is 1. The van der Waals surface area contributed by atoms with Gasteiger partial charge >= 0.3 is 0 Å². The first-order chi connectivity index (χ1) is 15.0. The number of carbonyl (C=O) groups is 1. The van der Waals surface area contributed by atoms with Crippen LogP contribution in [0.1, 0.15) is 6.42 Å². The van der Waals surface area contributed by atoms with E-state index in [0.717, 1.165) is 0 Å². The summed E-state index contributed by atoms with van der Waals surface area (Å²) in [5, 5.41) is -0.199. The summed E-state index contributed by atoms with van der Waals surface area (Å²) in [7, 11) is 1.39. The first-order valence-corrected chi connectivity index (χ1v) is 9.77. The molecule has 31 heavy (non-hydrogen) atoms. The molecule has 1 fully saturated rings. The molecule has 1 aliphatic rings. The molecule has 1 amide bonds. The molecule has 0 saturated carbocycles. The monoisotopic (exact) mass is 444 g/mol. The normalized spacial score (nSPS) is 15.7. The molecule has 0 radical (unpaired) electrons. The molecule has 2 aromatic heterocycles. The Balaban J connectivity index is 1.59. The molecule has 3 heterocycles. The molecule has 1 atom stereocenters. The number of methoxy groups -OCH3 is 1. The third-order valence-corrected chi connectivity index (χ3v) is 5.13. The van der Waals surface area contributed by atoms with E-state index in [2.05, 4.69) is 21.5 Å². The maximum absolute atomic E-state index is 14.6. The van der Waals surface area contributed by atoms with Crippen molar-refractivity contribution in [3.8, 4) is 23.3 Å². The molecular formula is C21H18ClFN4O4. The van der Waals surface area contributed by atoms with E-state index in [-0.39, 0.29) is 34.4 Å². The molecule has 1 saturated heterocycles. The second-order valence-electron chi connectivity index (χ2n) is 6.71. The summed E-state index contributed by atoms with van der Waals surface area (Å²) in [5.41, 5.74) is 0.788. The lowest BCUT2D eigenvalue weighted by molar-refractivity contribution is -0.125. The number of rotatable bonds is 6. The third kappa shape index (κ3) is 4.22. The highest BCUT2D eigenvalue weighted by Crippen LogP contribution is 2.36. The molecule has 0 spiro atoms. The first kappa shape index (κ1) is 20.8. The lowest BCUT2D eigenvalue weighted by atomic mass is 10.3. The summed E-state index contributed by atoms with van der Waals surface area (Å²) in [6.07, 6.45) is 3.03. The quantitative estimate of drug-likeness (QED) is 0.534. The molecule has 1 aliphatic heterocycles. The van der Waals surface area contributed by atoms with Gasteiger partial charge < -0.3 is 19.1 Å². The number of carbonyl (C=O) groups excluding carboxylic acids is 1. The molecule has 1 aromatic carbocycles. The van der Waals surface area contributed by atoms with Gasteiger partial charge in [0.05, 0.1) is 19.2 Å². The van der Waals surface area contributed by atoms with Gasteiger partial charge in [-0.25, -0.2) is 14.4 Å². The molecule has 1 unspecified atom stereocenters. The number of aromatic nitrogens is 3. The van der Waals surface area contributed by atoms with Crippen molar-refractivity contribution in [2.45, 2.75) is 12.5 Å². The van der Waals surface area contributed by atoms with E-state index in [0.29, 0.717) is 36.4 Å². The molecule has 8 nitrogen and oxygen atoms in total. The molecule has 4 rings (SSSR count). The number of ether oxygens (including phenoxy) is 3. The van der Waals surface area contributed by atoms with Gasteiger partial charge in [0.25, 0.3) is 0 Å². The predicted molar refractivity (Wildman–Crippen MR) is 111 cm³/mol. The zero-order valence-electron chi connectivity index (χ0n) is 16.5. The van der Waals surface area contributed by atoms with Crippen molar-refractivity contribution in [3.05, 3.63) is 54.1 Å². The van der Waals surface area contributed by atoms with Crippen molar-refractivity contribution in [3.63, 3.8) is 0 Å². The Morgan fingerprint density at radius 1 is 1.29 bits per heavy atom. The average Bonchev–Trinajstić information content (AvgIpc) is 3.25. The minimum atomic E-state index is -0.780. The van der Waals surface area contributed by atoms with Crippen molar-refractivity contribution in [1.29, 1.82) is 0 Å². The number of likely N-dealkylation sites (tertiary alicyclic amines) is 1. The molecule has 160 valence electrons. The van der Waals surface area contributed by atoms with E-state index >= 15 is 0 Å². The van der Waals surface area contributed by atoms with Crippen molar-refractivity contribution < 1.29 is 23.4 Å². The van der Waals surface area contributed by atoms with Crippen LogP contribution < -0.4 is 14.2 Å². The average molecular weight is 445 g/mol. The lowest BCUT2D eigenvalue weighted by Crippen LogP contribution is -2.29. The molecule has 0 aliphatic carbocycles. The summed E-state index contributed by atoms with van der Waals surface area (Å²) >= 11 is 5.97. The van der Waals surface area contributed by atoms with Crippen LogP contribution in [-0.2, 0) is 4.79 Å². The van der Waals surface area contributed by atoms with Crippen LogP contribution >= 0.6 is 11.6 Å². The zero-order chi connectivity index (χ0) is 22.0. The third-order valence-electron chi connectivity index (χ3n) is 4.78. The highest BCUT2D eigenvalue weighted by molar-refractivity contribution is 6.32. The fraction of sp³-hybridized carbons (Fsp3) is 0.238. The Bertz CT molecular complexity index is 1160. The van der Waals surface area contributed by atoms with Crippen LogP contribution in [0.25, 0.3) is 11.0 Å². The molecule has 3 aromatic rings. The minimum absolute atomic E-state index is 0.0467. The fourth-order valence-electron chi connectivity index (χ4n) is 3.22. The van der Waals surface area contributed by atoms with Crippen molar-refractivity contribution in [1.82, 2.24) is 19.9 Å². The van der Waals surface area contributed by atoms with Gasteiger partial charge in [0, 0.05) is 19.0 Å². The van der Waals surface area contributed by atoms with Crippen LogP contribution in [0.5, 0.6) is 23.3 Å². The van der Waals surface area contributed by atoms with E-state index in [9.17, 15) is 9.18 Å². The van der Waals surface area contributed by atoms with Crippen LogP contribution in [0.2, 0.25) is 5.02 Å². The van der Waals surface area contributed by atoms with Gasteiger partial charge in [-0.05, 0) is 24.3 Å². The highest BCUT2D eigenvalue weighted by Gasteiger charge is 2.27. The fourth-order valence-corrected chi connectivity index (χ4v) is 3.45. The van der Waals surface area contributed by atoms with E-state index in [4.69, 9.17) is 25.8 Å². The molecule has 10 heteroatoms. The number of nitrogens with zero attached hydrogens (tertiary/aromatic N) is 4. The Morgan fingerprint density at radius 3 is 2.87 bits per heavy atom. The number of fused-ring (bicyclic) bond motifs is 1. The minimum Gasteiger partial charge on any atom is -0.495 e. The van der Waals surface area contributed by atoms with Crippen molar-refractivity contribution >= 4 is 28.5 Å². The molecule has 0 bridgehead atoms. The van der Waals surface area contributed by atoms with Crippen LogP contribution in [0.4, 0.5) is 4.39 Å². The SMILES string of the molecule is C=CC(=O)N1CCC(Oc2ccc3ncnc(Oc4ccc(OC)c(Cl)c4F)c3n2)C1. The smallest absolute Gasteiger partial charge is 0.249 e. The van der Waals surface area contributed by atoms with Crippen molar-refractivity contribution in [2.24, 2.45) is 0 Å². The van der Waals surface area contributed by atoms with Gasteiger partial charge in [0.15, 0.2) is 17.1 Å². The van der Waals surface area contributed by atoms with Crippen LogP contribution in [0, 0.1) is 5.82 Å². The second kappa shape index (κ2) is 8.73. The molecular weight excluding hydrogens is 427 g/mol. The number of pyridine rings is 1. The van der Waals surface area contributed by atoms with E-state index in [1.807, 2.05) is 0 Å². The lowest BCUT2D eigenvalue weighted by Gasteiger charge is -2.15. The maximum atomic E-state index is 14.6. The summed E-state index contributed by atoms with van der Waals surface area (Å²) in [6.45, 7) is 4.52. The first-order valence-electron chi connectivity index (χ1n) is 9.39. The van der Waals surface area contributed by atoms with E-state index in [1.165, 1.54) is 31.6 Å². The summed E-state index contributed by atoms with van der Waals surface area (Å²) in [5.74, 6) is -0.495. The Kier molecular flexibility index (Phi) is 5.85. The van der Waals surface area contributed by atoms with Gasteiger partial charge in [-0.1, -0.05) is 18.2 Å². The summed E-state index contributed by atoms with van der Waals surface area (Å²) in [4.78, 5) is 26.1. The van der Waals surface area contributed by atoms with Crippen LogP contribution in [0.15, 0.2) is 43.2 Å².